The molecule has 0 fully saturated rings. The Morgan fingerprint density at radius 3 is 2.11 bits per heavy atom. The first kappa shape index (κ1) is 20.4. The molecule has 1 atom stereocenters. The number of carbonyl (C=O) groups excluding carboxylic acids is 2. The molecule has 2 rings (SSSR count). The van der Waals surface area contributed by atoms with Gasteiger partial charge in [0.2, 0.25) is 0 Å². The second kappa shape index (κ2) is 8.65. The van der Waals surface area contributed by atoms with Crippen molar-refractivity contribution in [3.05, 3.63) is 65.2 Å². The van der Waals surface area contributed by atoms with Gasteiger partial charge in [-0.3, -0.25) is 0 Å². The lowest BCUT2D eigenvalue weighted by Crippen LogP contribution is -2.45. The van der Waals surface area contributed by atoms with Gasteiger partial charge in [0, 0.05) is 0 Å². The van der Waals surface area contributed by atoms with Gasteiger partial charge in [-0.2, -0.15) is 13.1 Å². The molecule has 1 unspecified atom stereocenters. The molecule has 27 heavy (non-hydrogen) atoms. The van der Waals surface area contributed by atoms with Gasteiger partial charge in [0.15, 0.2) is 0 Å². The zero-order chi connectivity index (χ0) is 20.0. The Morgan fingerprint density at radius 2 is 1.56 bits per heavy atom. The summed E-state index contributed by atoms with van der Waals surface area (Å²) in [4.78, 5) is 24.0. The van der Waals surface area contributed by atoms with E-state index in [9.17, 15) is 18.0 Å². The van der Waals surface area contributed by atoms with Gasteiger partial charge in [0.1, 0.15) is 11.8 Å². The van der Waals surface area contributed by atoms with E-state index in [1.165, 1.54) is 0 Å². The zero-order valence-electron chi connectivity index (χ0n) is 15.1. The first-order valence-electron chi connectivity index (χ1n) is 7.94. The number of hydrogen-bond acceptors (Lipinski definition) is 6. The average molecular weight is 392 g/mol. The molecule has 1 amide bonds. The van der Waals surface area contributed by atoms with Crippen molar-refractivity contribution in [3.63, 3.8) is 0 Å². The van der Waals surface area contributed by atoms with Gasteiger partial charge in [0.25, 0.3) is 0 Å². The number of amides is 1. The van der Waals surface area contributed by atoms with Gasteiger partial charge in [-0.05, 0) is 30.5 Å². The third-order valence-corrected chi connectivity index (χ3v) is 4.65. The Kier molecular flexibility index (Phi) is 6.54. The van der Waals surface area contributed by atoms with Gasteiger partial charge < -0.3 is 9.47 Å². The van der Waals surface area contributed by atoms with Crippen molar-refractivity contribution in [2.24, 2.45) is 0 Å². The van der Waals surface area contributed by atoms with Gasteiger partial charge >= 0.3 is 22.3 Å². The molecular formula is C18H20N2O6S. The van der Waals surface area contributed by atoms with Crippen LogP contribution in [0, 0.1) is 13.8 Å². The van der Waals surface area contributed by atoms with Crippen molar-refractivity contribution in [2.75, 3.05) is 7.11 Å². The van der Waals surface area contributed by atoms with Crippen LogP contribution in [-0.2, 0) is 19.7 Å². The lowest BCUT2D eigenvalue weighted by atomic mass is 10.1. The molecule has 9 heteroatoms. The molecule has 2 aromatic rings. The number of esters is 1. The third kappa shape index (κ3) is 5.53. The number of carbonyl (C=O) groups is 2. The summed E-state index contributed by atoms with van der Waals surface area (Å²) in [6.45, 7) is 3.45. The molecule has 0 bridgehead atoms. The van der Waals surface area contributed by atoms with Crippen LogP contribution in [0.1, 0.15) is 22.7 Å². The maximum absolute atomic E-state index is 12.3. The lowest BCUT2D eigenvalue weighted by molar-refractivity contribution is -0.142. The smallest absolute Gasteiger partial charge is 0.427 e. The monoisotopic (exact) mass is 392 g/mol. The van der Waals surface area contributed by atoms with E-state index in [2.05, 4.69) is 9.46 Å². The molecule has 144 valence electrons. The van der Waals surface area contributed by atoms with Crippen LogP contribution >= 0.6 is 0 Å². The third-order valence-electron chi connectivity index (χ3n) is 3.66. The van der Waals surface area contributed by atoms with Gasteiger partial charge in [0.05, 0.1) is 7.11 Å². The van der Waals surface area contributed by atoms with Crippen molar-refractivity contribution in [2.45, 2.75) is 19.9 Å². The topological polar surface area (TPSA) is 111 Å². The van der Waals surface area contributed by atoms with Crippen molar-refractivity contribution in [1.29, 1.82) is 0 Å². The van der Waals surface area contributed by atoms with Crippen LogP contribution in [0.5, 0.6) is 5.75 Å². The summed E-state index contributed by atoms with van der Waals surface area (Å²) in [6, 6.07) is 12.0. The Balaban J connectivity index is 2.14. The van der Waals surface area contributed by atoms with Crippen molar-refractivity contribution >= 4 is 22.3 Å². The average Bonchev–Trinajstić information content (AvgIpc) is 2.62. The zero-order valence-corrected chi connectivity index (χ0v) is 15.9. The fourth-order valence-electron chi connectivity index (χ4n) is 2.38. The highest BCUT2D eigenvalue weighted by Crippen LogP contribution is 2.22. The number of nitrogens with one attached hydrogen (secondary N) is 2. The molecule has 0 spiro atoms. The Morgan fingerprint density at radius 1 is 0.963 bits per heavy atom. The van der Waals surface area contributed by atoms with E-state index in [4.69, 9.17) is 4.74 Å². The molecule has 0 radical (unpaired) electrons. The van der Waals surface area contributed by atoms with E-state index in [1.807, 2.05) is 0 Å². The Labute approximate surface area is 157 Å². The molecule has 0 aliphatic heterocycles. The summed E-state index contributed by atoms with van der Waals surface area (Å²) in [6.07, 6.45) is -1.20. The van der Waals surface area contributed by atoms with E-state index < -0.39 is 28.3 Å². The highest BCUT2D eigenvalue weighted by Gasteiger charge is 2.28. The SMILES string of the molecule is COC(=O)C(NS(=O)(=O)NC(=O)Oc1c(C)cccc1C)c1ccccc1. The maximum atomic E-state index is 12.3. The van der Waals surface area contributed by atoms with Gasteiger partial charge in [-0.25, -0.2) is 14.3 Å². The molecule has 0 saturated heterocycles. The highest BCUT2D eigenvalue weighted by atomic mass is 32.2. The van der Waals surface area contributed by atoms with Gasteiger partial charge in [-0.15, -0.1) is 0 Å². The molecule has 0 aliphatic carbocycles. The highest BCUT2D eigenvalue weighted by molar-refractivity contribution is 7.88. The van der Waals surface area contributed by atoms with Crippen molar-refractivity contribution in [1.82, 2.24) is 9.44 Å². The second-order valence-electron chi connectivity index (χ2n) is 5.70. The molecule has 0 aliphatic rings. The maximum Gasteiger partial charge on any atom is 0.427 e. The first-order chi connectivity index (χ1) is 12.7. The molecule has 0 saturated carbocycles. The second-order valence-corrected chi connectivity index (χ2v) is 7.15. The predicted molar refractivity (Wildman–Crippen MR) is 98.3 cm³/mol. The van der Waals surface area contributed by atoms with E-state index in [0.717, 1.165) is 7.11 Å². The minimum Gasteiger partial charge on any atom is -0.468 e. The molecule has 2 aromatic carbocycles. The van der Waals surface area contributed by atoms with Crippen LogP contribution in [0.3, 0.4) is 0 Å². The van der Waals surface area contributed by atoms with E-state index in [0.29, 0.717) is 16.7 Å². The minimum atomic E-state index is -4.40. The van der Waals surface area contributed by atoms with Crippen LogP contribution in [0.2, 0.25) is 0 Å². The van der Waals surface area contributed by atoms with Crippen LogP contribution in [0.25, 0.3) is 0 Å². The van der Waals surface area contributed by atoms with E-state index >= 15 is 0 Å². The Bertz CT molecular complexity index is 908. The molecular weight excluding hydrogens is 372 g/mol. The van der Waals surface area contributed by atoms with Crippen LogP contribution in [0.4, 0.5) is 4.79 Å². The number of rotatable bonds is 6. The summed E-state index contributed by atoms with van der Waals surface area (Å²) < 4.78 is 38.1. The van der Waals surface area contributed by atoms with Crippen molar-refractivity contribution < 1.29 is 27.5 Å². The minimum absolute atomic E-state index is 0.262. The fraction of sp³-hybridized carbons (Fsp3) is 0.222. The number of benzene rings is 2. The summed E-state index contributed by atoms with van der Waals surface area (Å²) in [5.41, 5.74) is 1.71. The number of ether oxygens (including phenoxy) is 2. The molecule has 0 heterocycles. The standard InChI is InChI=1S/C18H20N2O6S/c1-12-8-7-9-13(2)16(12)26-18(22)20-27(23,24)19-15(17(21)25-3)14-10-5-4-6-11-14/h4-11,15,19H,1-3H3,(H,20,22). The van der Waals surface area contributed by atoms with E-state index in [1.54, 1.807) is 67.1 Å². The van der Waals surface area contributed by atoms with Crippen LogP contribution in [-0.4, -0.2) is 27.6 Å². The number of aryl methyl sites for hydroxylation is 2. The normalized spacial score (nSPS) is 12.1. The molecule has 2 N–H and O–H groups in total. The quantitative estimate of drug-likeness (QED) is 0.729. The number of methoxy groups -OCH3 is 1. The van der Waals surface area contributed by atoms with Crippen LogP contribution < -0.4 is 14.2 Å². The van der Waals surface area contributed by atoms with Crippen LogP contribution in [0.15, 0.2) is 48.5 Å². The van der Waals surface area contributed by atoms with Gasteiger partial charge in [-0.1, -0.05) is 48.5 Å². The summed E-state index contributed by atoms with van der Waals surface area (Å²) in [7, 11) is -3.27. The summed E-state index contributed by atoms with van der Waals surface area (Å²) >= 11 is 0. The fourth-order valence-corrected chi connectivity index (χ4v) is 3.25. The first-order valence-corrected chi connectivity index (χ1v) is 9.42. The van der Waals surface area contributed by atoms with E-state index in [-0.39, 0.29) is 5.75 Å². The predicted octanol–water partition coefficient (Wildman–Crippen LogP) is 2.14. The van der Waals surface area contributed by atoms with Crippen molar-refractivity contribution in [3.8, 4) is 5.75 Å². The lowest BCUT2D eigenvalue weighted by Gasteiger charge is -2.17. The molecule has 0 aromatic heterocycles. The summed E-state index contributed by atoms with van der Waals surface area (Å²) in [5.74, 6) is -0.563. The summed E-state index contributed by atoms with van der Waals surface area (Å²) in [5, 5.41) is 0. The molecule has 8 nitrogen and oxygen atoms in total. The number of hydrogen-bond donors (Lipinski definition) is 2. The number of para-hydroxylation sites is 1. The largest absolute Gasteiger partial charge is 0.468 e. The Hall–Kier alpha value is -2.91.